The van der Waals surface area contributed by atoms with Crippen LogP contribution in [-0.2, 0) is 6.54 Å². The van der Waals surface area contributed by atoms with Gasteiger partial charge in [-0.2, -0.15) is 0 Å². The lowest BCUT2D eigenvalue weighted by atomic mass is 10.2. The van der Waals surface area contributed by atoms with Crippen molar-refractivity contribution in [2.45, 2.75) is 20.4 Å². The number of aryl methyl sites for hydroxylation is 1. The lowest BCUT2D eigenvalue weighted by Crippen LogP contribution is -2.09. The molecule has 0 atom stereocenters. The summed E-state index contributed by atoms with van der Waals surface area (Å²) in [6.07, 6.45) is 0. The van der Waals surface area contributed by atoms with E-state index in [0.717, 1.165) is 0 Å². The molecule has 1 rings (SSSR count). The Morgan fingerprint density at radius 2 is 2.25 bits per heavy atom. The average molecular weight is 171 g/mol. The molecule has 0 unspecified atom stereocenters. The van der Waals surface area contributed by atoms with E-state index in [4.69, 9.17) is 5.11 Å². The molecule has 0 aliphatic carbocycles. The largest absolute Gasteiger partial charge is 0.477 e. The van der Waals surface area contributed by atoms with Gasteiger partial charge < -0.3 is 9.63 Å². The van der Waals surface area contributed by atoms with Crippen LogP contribution in [0.4, 0.5) is 0 Å². The van der Waals surface area contributed by atoms with Gasteiger partial charge in [-0.1, -0.05) is 0 Å². The van der Waals surface area contributed by atoms with Crippen molar-refractivity contribution in [3.63, 3.8) is 0 Å². The molecule has 1 aromatic rings. The second-order valence-corrected chi connectivity index (χ2v) is 2.34. The van der Waals surface area contributed by atoms with Crippen molar-refractivity contribution < 1.29 is 14.4 Å². The summed E-state index contributed by atoms with van der Waals surface area (Å²) >= 11 is 0. The zero-order valence-electron chi connectivity index (χ0n) is 6.83. The minimum absolute atomic E-state index is 0.281. The highest BCUT2D eigenvalue weighted by Crippen LogP contribution is 2.03. The number of hydrogen-bond donors (Lipinski definition) is 1. The Hall–Kier alpha value is -1.52. The normalized spacial score (nSPS) is 10.2. The molecule has 1 N–H and O–H groups in total. The van der Waals surface area contributed by atoms with Gasteiger partial charge in [-0.15, -0.1) is 0 Å². The fourth-order valence-corrected chi connectivity index (χ4v) is 1.03. The Balaban J connectivity index is 3.38. The predicted octanol–water partition coefficient (Wildman–Crippen LogP) is 0.468. The van der Waals surface area contributed by atoms with Gasteiger partial charge in [0.1, 0.15) is 0 Å². The molecule has 12 heavy (non-hydrogen) atoms. The molecule has 0 aliphatic heterocycles. The van der Waals surface area contributed by atoms with Gasteiger partial charge in [0.05, 0.1) is 12.2 Å². The topological polar surface area (TPSA) is 72.4 Å². The first-order valence-electron chi connectivity index (χ1n) is 3.52. The number of carboxylic acids is 1. The van der Waals surface area contributed by atoms with Crippen LogP contribution in [0.15, 0.2) is 9.32 Å². The molecule has 0 spiro atoms. The zero-order chi connectivity index (χ0) is 9.30. The molecule has 0 aliphatic rings. The van der Waals surface area contributed by atoms with Crippen LogP contribution in [-0.4, -0.2) is 15.8 Å². The first kappa shape index (κ1) is 8.58. The van der Waals surface area contributed by atoms with Crippen LogP contribution in [0.5, 0.6) is 0 Å². The van der Waals surface area contributed by atoms with Gasteiger partial charge in [-0.05, 0) is 13.8 Å². The van der Waals surface area contributed by atoms with Crippen LogP contribution in [0.1, 0.15) is 23.0 Å². The van der Waals surface area contributed by atoms with Gasteiger partial charge in [-0.25, -0.2) is 14.3 Å². The number of aromatic nitrogens is 1. The van der Waals surface area contributed by atoms with Crippen LogP contribution >= 0.6 is 0 Å². The molecule has 5 heteroatoms. The standard InChI is InChI=1S/C7H9NO4/c1-3-8-4(2)5(6(9)10)7(11)12-8/h3H2,1-2H3,(H,9,10). The maximum atomic E-state index is 10.9. The number of aromatic carboxylic acids is 1. The second kappa shape index (κ2) is 2.84. The molecule has 0 saturated carbocycles. The Morgan fingerprint density at radius 1 is 1.67 bits per heavy atom. The average Bonchev–Trinajstić information content (AvgIpc) is 2.25. The van der Waals surface area contributed by atoms with E-state index in [2.05, 4.69) is 4.52 Å². The van der Waals surface area contributed by atoms with Gasteiger partial charge in [0.25, 0.3) is 0 Å². The molecule has 0 radical (unpaired) electrons. The third kappa shape index (κ3) is 1.13. The van der Waals surface area contributed by atoms with Gasteiger partial charge in [0, 0.05) is 0 Å². The minimum atomic E-state index is -1.24. The number of nitrogens with zero attached hydrogens (tertiary/aromatic N) is 1. The van der Waals surface area contributed by atoms with Gasteiger partial charge in [-0.3, -0.25) is 0 Å². The summed E-state index contributed by atoms with van der Waals surface area (Å²) in [6, 6.07) is 0. The minimum Gasteiger partial charge on any atom is -0.477 e. The highest BCUT2D eigenvalue weighted by molar-refractivity contribution is 5.88. The van der Waals surface area contributed by atoms with Crippen molar-refractivity contribution >= 4 is 5.97 Å². The van der Waals surface area contributed by atoms with E-state index < -0.39 is 11.6 Å². The summed E-state index contributed by atoms with van der Waals surface area (Å²) in [5, 5.41) is 8.58. The van der Waals surface area contributed by atoms with E-state index in [1.54, 1.807) is 6.92 Å². The Bertz CT molecular complexity index is 360. The maximum Gasteiger partial charge on any atom is 0.372 e. The lowest BCUT2D eigenvalue weighted by Gasteiger charge is -1.95. The van der Waals surface area contributed by atoms with Gasteiger partial charge >= 0.3 is 11.6 Å². The van der Waals surface area contributed by atoms with Crippen molar-refractivity contribution in [2.75, 3.05) is 0 Å². The molecule has 0 amide bonds. The van der Waals surface area contributed by atoms with E-state index in [1.807, 2.05) is 0 Å². The highest BCUT2D eigenvalue weighted by atomic mass is 16.5. The second-order valence-electron chi connectivity index (χ2n) is 2.34. The fraction of sp³-hybridized carbons (Fsp3) is 0.429. The van der Waals surface area contributed by atoms with E-state index in [9.17, 15) is 9.59 Å². The number of carboxylic acid groups (broad SMARTS) is 1. The molecule has 0 saturated heterocycles. The SMILES string of the molecule is CCn1oc(=O)c(C(=O)O)c1C. The van der Waals surface area contributed by atoms with Crippen molar-refractivity contribution in [3.05, 3.63) is 21.7 Å². The van der Waals surface area contributed by atoms with Crippen molar-refractivity contribution in [1.82, 2.24) is 4.74 Å². The lowest BCUT2D eigenvalue weighted by molar-refractivity contribution is 0.0693. The molecule has 0 aromatic carbocycles. The predicted molar refractivity (Wildman–Crippen MR) is 40.3 cm³/mol. The van der Waals surface area contributed by atoms with E-state index in [0.29, 0.717) is 12.2 Å². The third-order valence-corrected chi connectivity index (χ3v) is 1.63. The van der Waals surface area contributed by atoms with Crippen molar-refractivity contribution in [2.24, 2.45) is 0 Å². The summed E-state index contributed by atoms with van der Waals surface area (Å²) in [6.45, 7) is 3.76. The monoisotopic (exact) mass is 171 g/mol. The van der Waals surface area contributed by atoms with Crippen molar-refractivity contribution in [1.29, 1.82) is 0 Å². The number of rotatable bonds is 2. The fourth-order valence-electron chi connectivity index (χ4n) is 1.03. The zero-order valence-corrected chi connectivity index (χ0v) is 6.83. The highest BCUT2D eigenvalue weighted by Gasteiger charge is 2.18. The van der Waals surface area contributed by atoms with Gasteiger partial charge in [0.2, 0.25) is 0 Å². The van der Waals surface area contributed by atoms with E-state index in [-0.39, 0.29) is 5.56 Å². The quantitative estimate of drug-likeness (QED) is 0.701. The first-order valence-corrected chi connectivity index (χ1v) is 3.52. The molecular formula is C7H9NO4. The van der Waals surface area contributed by atoms with Gasteiger partial charge in [0.15, 0.2) is 5.56 Å². The Kier molecular flexibility index (Phi) is 2.03. The summed E-state index contributed by atoms with van der Waals surface area (Å²) in [5.74, 6) is -1.24. The molecule has 66 valence electrons. The van der Waals surface area contributed by atoms with Crippen LogP contribution in [0.3, 0.4) is 0 Å². The van der Waals surface area contributed by atoms with E-state index in [1.165, 1.54) is 11.7 Å². The molecule has 1 aromatic heterocycles. The van der Waals surface area contributed by atoms with Crippen LogP contribution < -0.4 is 5.63 Å². The molecular weight excluding hydrogens is 162 g/mol. The van der Waals surface area contributed by atoms with Crippen molar-refractivity contribution in [3.8, 4) is 0 Å². The van der Waals surface area contributed by atoms with Crippen LogP contribution in [0.2, 0.25) is 0 Å². The van der Waals surface area contributed by atoms with Crippen LogP contribution in [0, 0.1) is 6.92 Å². The Labute approximate surface area is 68.2 Å². The Morgan fingerprint density at radius 3 is 2.50 bits per heavy atom. The first-order chi connectivity index (χ1) is 5.57. The molecule has 1 heterocycles. The van der Waals surface area contributed by atoms with E-state index >= 15 is 0 Å². The number of hydrogen-bond acceptors (Lipinski definition) is 3. The maximum absolute atomic E-state index is 10.9. The molecule has 0 bridgehead atoms. The third-order valence-electron chi connectivity index (χ3n) is 1.63. The molecule has 0 fully saturated rings. The summed E-state index contributed by atoms with van der Waals surface area (Å²) in [7, 11) is 0. The summed E-state index contributed by atoms with van der Waals surface area (Å²) < 4.78 is 5.89. The smallest absolute Gasteiger partial charge is 0.372 e. The number of carbonyl (C=O) groups is 1. The molecule has 5 nitrogen and oxygen atoms in total. The summed E-state index contributed by atoms with van der Waals surface area (Å²) in [4.78, 5) is 21.4. The van der Waals surface area contributed by atoms with Crippen LogP contribution in [0.25, 0.3) is 0 Å². The summed E-state index contributed by atoms with van der Waals surface area (Å²) in [5.41, 5.74) is -0.714.